The van der Waals surface area contributed by atoms with Gasteiger partial charge in [0, 0.05) is 34.5 Å². The van der Waals surface area contributed by atoms with Crippen LogP contribution < -0.4 is 5.32 Å². The Balaban J connectivity index is 1.48. The van der Waals surface area contributed by atoms with Gasteiger partial charge in [-0.25, -0.2) is 4.68 Å². The molecule has 0 aliphatic heterocycles. The Bertz CT molecular complexity index is 976. The molecule has 1 fully saturated rings. The number of aromatic nitrogens is 4. The highest BCUT2D eigenvalue weighted by Gasteiger charge is 2.26. The highest BCUT2D eigenvalue weighted by molar-refractivity contribution is 6.30. The summed E-state index contributed by atoms with van der Waals surface area (Å²) in [6, 6.07) is 7.15. The first kappa shape index (κ1) is 17.8. The molecule has 27 heavy (non-hydrogen) atoms. The van der Waals surface area contributed by atoms with Crippen molar-refractivity contribution in [1.82, 2.24) is 20.0 Å². The Labute approximate surface area is 161 Å². The number of aromatic amines is 1. The maximum absolute atomic E-state index is 12.6. The van der Waals surface area contributed by atoms with Crippen molar-refractivity contribution in [3.63, 3.8) is 0 Å². The van der Waals surface area contributed by atoms with Crippen molar-refractivity contribution >= 4 is 23.3 Å². The molecule has 1 amide bonds. The summed E-state index contributed by atoms with van der Waals surface area (Å²) < 4.78 is 1.64. The van der Waals surface area contributed by atoms with Crippen molar-refractivity contribution < 1.29 is 9.90 Å². The number of benzene rings is 1. The number of amides is 1. The average Bonchev–Trinajstić information content (AvgIpc) is 3.20. The quantitative estimate of drug-likeness (QED) is 0.606. The minimum Gasteiger partial charge on any atom is -0.392 e. The molecule has 1 aromatic carbocycles. The van der Waals surface area contributed by atoms with Gasteiger partial charge < -0.3 is 10.4 Å². The highest BCUT2D eigenvalue weighted by Crippen LogP contribution is 2.39. The number of aliphatic hydroxyl groups is 1. The Hall–Kier alpha value is -2.64. The molecule has 0 saturated heterocycles. The number of carbonyl (C=O) groups is 1. The molecule has 1 aliphatic carbocycles. The molecule has 3 N–H and O–H groups in total. The topological polar surface area (TPSA) is 95.8 Å². The Morgan fingerprint density at radius 3 is 2.96 bits per heavy atom. The highest BCUT2D eigenvalue weighted by atomic mass is 35.5. The van der Waals surface area contributed by atoms with Crippen LogP contribution in [0.3, 0.4) is 0 Å². The number of carbonyl (C=O) groups excluding carboxylic acids is 1. The number of anilines is 1. The fourth-order valence-corrected chi connectivity index (χ4v) is 3.20. The van der Waals surface area contributed by atoms with Gasteiger partial charge in [0.15, 0.2) is 5.82 Å². The van der Waals surface area contributed by atoms with E-state index in [-0.39, 0.29) is 12.5 Å². The maximum atomic E-state index is 12.6. The number of nitrogens with one attached hydrogen (secondary N) is 2. The molecular weight excluding hydrogens is 366 g/mol. The minimum absolute atomic E-state index is 0.104. The second-order valence-electron chi connectivity index (χ2n) is 6.89. The van der Waals surface area contributed by atoms with E-state index in [2.05, 4.69) is 20.6 Å². The van der Waals surface area contributed by atoms with Crippen LogP contribution in [0, 0.1) is 0 Å². The lowest BCUT2D eigenvalue weighted by molar-refractivity contribution is -0.117. The molecule has 1 saturated carbocycles. The molecule has 0 spiro atoms. The van der Waals surface area contributed by atoms with Crippen molar-refractivity contribution in [3.05, 3.63) is 58.5 Å². The van der Waals surface area contributed by atoms with Crippen LogP contribution in [0.2, 0.25) is 5.02 Å². The molecule has 1 unspecified atom stereocenters. The van der Waals surface area contributed by atoms with E-state index in [0.29, 0.717) is 22.3 Å². The van der Waals surface area contributed by atoms with Crippen molar-refractivity contribution in [2.45, 2.75) is 38.2 Å². The van der Waals surface area contributed by atoms with Crippen LogP contribution in [0.5, 0.6) is 0 Å². The van der Waals surface area contributed by atoms with Gasteiger partial charge in [-0.3, -0.25) is 9.89 Å². The van der Waals surface area contributed by atoms with Crippen LogP contribution in [0.4, 0.5) is 5.82 Å². The second-order valence-corrected chi connectivity index (χ2v) is 7.32. The third-order valence-corrected chi connectivity index (χ3v) is 4.97. The van der Waals surface area contributed by atoms with Crippen molar-refractivity contribution in [3.8, 4) is 5.69 Å². The maximum Gasteiger partial charge on any atom is 0.232 e. The lowest BCUT2D eigenvalue weighted by Crippen LogP contribution is -2.18. The van der Waals surface area contributed by atoms with Crippen LogP contribution in [-0.2, 0) is 11.4 Å². The fourth-order valence-electron chi connectivity index (χ4n) is 2.95. The van der Waals surface area contributed by atoms with Crippen LogP contribution in [0.1, 0.15) is 48.4 Å². The van der Waals surface area contributed by atoms with Crippen LogP contribution >= 0.6 is 11.6 Å². The molecule has 2 aromatic heterocycles. The smallest absolute Gasteiger partial charge is 0.232 e. The summed E-state index contributed by atoms with van der Waals surface area (Å²) >= 11 is 6.09. The second kappa shape index (κ2) is 7.17. The zero-order chi connectivity index (χ0) is 19.0. The first-order valence-electron chi connectivity index (χ1n) is 8.85. The Kier molecular flexibility index (Phi) is 4.72. The number of hydrogen-bond acceptors (Lipinski definition) is 4. The minimum atomic E-state index is -0.392. The van der Waals surface area contributed by atoms with Gasteiger partial charge in [0.2, 0.25) is 5.91 Å². The van der Waals surface area contributed by atoms with E-state index in [4.69, 9.17) is 11.6 Å². The molecule has 4 rings (SSSR count). The first-order chi connectivity index (χ1) is 13.0. The van der Waals surface area contributed by atoms with Gasteiger partial charge in [-0.2, -0.15) is 10.2 Å². The first-order valence-corrected chi connectivity index (χ1v) is 9.22. The number of halogens is 1. The van der Waals surface area contributed by atoms with Gasteiger partial charge >= 0.3 is 0 Å². The van der Waals surface area contributed by atoms with E-state index in [1.165, 1.54) is 12.8 Å². The van der Waals surface area contributed by atoms with E-state index in [1.54, 1.807) is 35.3 Å². The molecule has 0 radical (unpaired) electrons. The fraction of sp³-hybridized carbons (Fsp3) is 0.316. The predicted molar refractivity (Wildman–Crippen MR) is 102 cm³/mol. The number of hydrogen-bond donors (Lipinski definition) is 3. The van der Waals surface area contributed by atoms with Gasteiger partial charge in [0.1, 0.15) is 0 Å². The van der Waals surface area contributed by atoms with Gasteiger partial charge in [0.05, 0.1) is 24.4 Å². The third kappa shape index (κ3) is 3.89. The standard InChI is InChI=1S/C19H20ClN5O2/c1-11(19(27)22-18-7-17(23-24-18)13-2-3-13)14-8-21-25(9-14)16-5-12(10-26)4-15(20)6-16/h4-9,11,13,26H,2-3,10H2,1H3,(H2,22,23,24,27). The molecule has 1 aliphatic rings. The average molecular weight is 386 g/mol. The summed E-state index contributed by atoms with van der Waals surface area (Å²) in [4.78, 5) is 12.6. The number of nitrogens with zero attached hydrogens (tertiary/aromatic N) is 3. The normalized spacial score (nSPS) is 14.9. The molecule has 7 nitrogen and oxygen atoms in total. The van der Waals surface area contributed by atoms with E-state index in [1.807, 2.05) is 13.0 Å². The van der Waals surface area contributed by atoms with E-state index in [9.17, 15) is 9.90 Å². The Morgan fingerprint density at radius 2 is 2.22 bits per heavy atom. The summed E-state index contributed by atoms with van der Waals surface area (Å²) in [7, 11) is 0. The monoisotopic (exact) mass is 385 g/mol. The predicted octanol–water partition coefficient (Wildman–Crippen LogP) is 3.36. The third-order valence-electron chi connectivity index (χ3n) is 4.75. The Morgan fingerprint density at radius 1 is 1.41 bits per heavy atom. The SMILES string of the molecule is CC(C(=O)Nc1cc(C2CC2)[nH]n1)c1cnn(-c2cc(Cl)cc(CO)c2)c1. The van der Waals surface area contributed by atoms with Gasteiger partial charge in [0.25, 0.3) is 0 Å². The molecule has 3 aromatic rings. The lowest BCUT2D eigenvalue weighted by atomic mass is 10.0. The van der Waals surface area contributed by atoms with Crippen molar-refractivity contribution in [2.75, 3.05) is 5.32 Å². The molecule has 0 bridgehead atoms. The van der Waals surface area contributed by atoms with Gasteiger partial charge in [-0.1, -0.05) is 11.6 Å². The van der Waals surface area contributed by atoms with Crippen LogP contribution in [0.25, 0.3) is 5.69 Å². The molecular formula is C19H20ClN5O2. The molecule has 8 heteroatoms. The number of H-pyrrole nitrogens is 1. The lowest BCUT2D eigenvalue weighted by Gasteiger charge is -2.08. The zero-order valence-corrected chi connectivity index (χ0v) is 15.6. The zero-order valence-electron chi connectivity index (χ0n) is 14.8. The molecule has 2 heterocycles. The van der Waals surface area contributed by atoms with Gasteiger partial charge in [-0.15, -0.1) is 0 Å². The summed E-state index contributed by atoms with van der Waals surface area (Å²) in [5.41, 5.74) is 3.28. The molecule has 1 atom stereocenters. The summed E-state index contributed by atoms with van der Waals surface area (Å²) in [5, 5.41) is 24.2. The summed E-state index contributed by atoms with van der Waals surface area (Å²) in [5.74, 6) is 0.561. The summed E-state index contributed by atoms with van der Waals surface area (Å²) in [6.07, 6.45) is 5.79. The molecule has 140 valence electrons. The van der Waals surface area contributed by atoms with E-state index >= 15 is 0 Å². The summed E-state index contributed by atoms with van der Waals surface area (Å²) in [6.45, 7) is 1.72. The number of rotatable bonds is 6. The van der Waals surface area contributed by atoms with Crippen molar-refractivity contribution in [1.29, 1.82) is 0 Å². The van der Waals surface area contributed by atoms with Crippen LogP contribution in [-0.4, -0.2) is 31.0 Å². The largest absolute Gasteiger partial charge is 0.392 e. The van der Waals surface area contributed by atoms with E-state index in [0.717, 1.165) is 16.9 Å². The van der Waals surface area contributed by atoms with Crippen LogP contribution in [0.15, 0.2) is 36.7 Å². The van der Waals surface area contributed by atoms with Gasteiger partial charge in [-0.05, 0) is 43.5 Å². The van der Waals surface area contributed by atoms with E-state index < -0.39 is 5.92 Å². The number of aliphatic hydroxyl groups excluding tert-OH is 1. The van der Waals surface area contributed by atoms with Crippen molar-refractivity contribution in [2.24, 2.45) is 0 Å².